The van der Waals surface area contributed by atoms with E-state index in [0.717, 1.165) is 13.1 Å². The fourth-order valence-electron chi connectivity index (χ4n) is 3.35. The van der Waals surface area contributed by atoms with Crippen molar-refractivity contribution >= 4 is 12.0 Å². The molecule has 0 bridgehead atoms. The minimum absolute atomic E-state index is 0.0121. The number of nitrogens with one attached hydrogen (secondary N) is 1. The summed E-state index contributed by atoms with van der Waals surface area (Å²) in [4.78, 5) is 27.4. The van der Waals surface area contributed by atoms with Gasteiger partial charge in [0.05, 0.1) is 5.92 Å². The van der Waals surface area contributed by atoms with E-state index in [0.29, 0.717) is 32.0 Å². The van der Waals surface area contributed by atoms with E-state index in [9.17, 15) is 9.59 Å². The quantitative estimate of drug-likeness (QED) is 0.822. The van der Waals surface area contributed by atoms with Gasteiger partial charge in [-0.15, -0.1) is 0 Å². The van der Waals surface area contributed by atoms with Crippen LogP contribution < -0.4 is 5.32 Å². The Morgan fingerprint density at radius 3 is 2.52 bits per heavy atom. The van der Waals surface area contributed by atoms with Gasteiger partial charge in [0.1, 0.15) is 0 Å². The van der Waals surface area contributed by atoms with Crippen molar-refractivity contribution in [2.75, 3.05) is 26.2 Å². The van der Waals surface area contributed by atoms with Crippen molar-refractivity contribution in [3.05, 3.63) is 0 Å². The zero-order chi connectivity index (χ0) is 15.4. The molecule has 2 fully saturated rings. The molecule has 2 amide bonds. The van der Waals surface area contributed by atoms with E-state index in [1.807, 2.05) is 6.92 Å². The van der Waals surface area contributed by atoms with Crippen LogP contribution in [0.25, 0.3) is 0 Å². The second-order valence-corrected chi connectivity index (χ2v) is 6.38. The predicted octanol–water partition coefficient (Wildman–Crippen LogP) is 1.37. The standard InChI is InChI=1S/C15H27N3O3/c1-11-9-13(14(19)20)5-8-18(11)15(21)16-10-12(2)17-6-3-4-7-17/h11-13H,3-10H2,1-2H3,(H,16,21)(H,19,20). The van der Waals surface area contributed by atoms with Gasteiger partial charge in [0.25, 0.3) is 0 Å². The number of piperidine rings is 1. The number of likely N-dealkylation sites (tertiary alicyclic amines) is 2. The molecule has 0 aromatic heterocycles. The molecular weight excluding hydrogens is 270 g/mol. The first-order valence-corrected chi connectivity index (χ1v) is 8.00. The zero-order valence-corrected chi connectivity index (χ0v) is 13.0. The molecule has 0 aromatic rings. The topological polar surface area (TPSA) is 72.9 Å². The molecule has 2 N–H and O–H groups in total. The summed E-state index contributed by atoms with van der Waals surface area (Å²) >= 11 is 0. The number of hydrogen-bond donors (Lipinski definition) is 2. The highest BCUT2D eigenvalue weighted by atomic mass is 16.4. The maximum absolute atomic E-state index is 12.3. The Balaban J connectivity index is 1.76. The number of carbonyl (C=O) groups is 2. The van der Waals surface area contributed by atoms with Gasteiger partial charge in [0.2, 0.25) is 0 Å². The highest BCUT2D eigenvalue weighted by molar-refractivity contribution is 5.75. The van der Waals surface area contributed by atoms with E-state index in [1.165, 1.54) is 12.8 Å². The average Bonchev–Trinajstić information content (AvgIpc) is 2.98. The van der Waals surface area contributed by atoms with Gasteiger partial charge in [-0.05, 0) is 52.6 Å². The lowest BCUT2D eigenvalue weighted by molar-refractivity contribution is -0.143. The maximum atomic E-state index is 12.3. The first-order valence-electron chi connectivity index (χ1n) is 8.00. The zero-order valence-electron chi connectivity index (χ0n) is 13.0. The second-order valence-electron chi connectivity index (χ2n) is 6.38. The fourth-order valence-corrected chi connectivity index (χ4v) is 3.35. The molecule has 6 nitrogen and oxygen atoms in total. The van der Waals surface area contributed by atoms with Gasteiger partial charge in [-0.25, -0.2) is 4.79 Å². The Morgan fingerprint density at radius 2 is 1.95 bits per heavy atom. The molecule has 0 spiro atoms. The van der Waals surface area contributed by atoms with Crippen molar-refractivity contribution in [1.29, 1.82) is 0 Å². The van der Waals surface area contributed by atoms with E-state index in [-0.39, 0.29) is 18.0 Å². The number of aliphatic carboxylic acids is 1. The maximum Gasteiger partial charge on any atom is 0.317 e. The minimum Gasteiger partial charge on any atom is -0.481 e. The Hall–Kier alpha value is -1.30. The van der Waals surface area contributed by atoms with Crippen molar-refractivity contribution in [3.63, 3.8) is 0 Å². The van der Waals surface area contributed by atoms with Crippen molar-refractivity contribution in [2.24, 2.45) is 5.92 Å². The van der Waals surface area contributed by atoms with E-state index in [1.54, 1.807) is 4.90 Å². The smallest absolute Gasteiger partial charge is 0.317 e. The van der Waals surface area contributed by atoms with Crippen LogP contribution in [-0.4, -0.2) is 65.2 Å². The molecule has 2 heterocycles. The molecular formula is C15H27N3O3. The molecule has 0 aromatic carbocycles. The van der Waals surface area contributed by atoms with Crippen LogP contribution in [0.2, 0.25) is 0 Å². The molecule has 21 heavy (non-hydrogen) atoms. The van der Waals surface area contributed by atoms with Crippen LogP contribution in [-0.2, 0) is 4.79 Å². The van der Waals surface area contributed by atoms with Crippen LogP contribution in [0.4, 0.5) is 4.79 Å². The largest absolute Gasteiger partial charge is 0.481 e. The van der Waals surface area contributed by atoms with Crippen LogP contribution in [0.3, 0.4) is 0 Å². The number of nitrogens with zero attached hydrogens (tertiary/aromatic N) is 2. The number of carboxylic acid groups (broad SMARTS) is 1. The molecule has 2 rings (SSSR count). The first-order chi connectivity index (χ1) is 9.99. The summed E-state index contributed by atoms with van der Waals surface area (Å²) in [6.45, 7) is 7.51. The van der Waals surface area contributed by atoms with Gasteiger partial charge < -0.3 is 15.3 Å². The molecule has 0 radical (unpaired) electrons. The lowest BCUT2D eigenvalue weighted by Gasteiger charge is -2.36. The number of amides is 2. The first kappa shape index (κ1) is 16.1. The van der Waals surface area contributed by atoms with Gasteiger partial charge in [0, 0.05) is 25.2 Å². The third-order valence-corrected chi connectivity index (χ3v) is 4.80. The van der Waals surface area contributed by atoms with E-state index in [2.05, 4.69) is 17.1 Å². The third kappa shape index (κ3) is 4.09. The minimum atomic E-state index is -0.746. The van der Waals surface area contributed by atoms with Crippen molar-refractivity contribution in [2.45, 2.75) is 51.6 Å². The summed E-state index contributed by atoms with van der Waals surface area (Å²) < 4.78 is 0. The molecule has 6 heteroatoms. The van der Waals surface area contributed by atoms with Crippen LogP contribution in [0.1, 0.15) is 39.5 Å². The van der Waals surface area contributed by atoms with Gasteiger partial charge >= 0.3 is 12.0 Å². The van der Waals surface area contributed by atoms with Crippen molar-refractivity contribution in [1.82, 2.24) is 15.1 Å². The van der Waals surface area contributed by atoms with Gasteiger partial charge in [-0.2, -0.15) is 0 Å². The van der Waals surface area contributed by atoms with Gasteiger partial charge in [-0.3, -0.25) is 9.69 Å². The molecule has 2 aliphatic rings. The summed E-state index contributed by atoms with van der Waals surface area (Å²) in [6.07, 6.45) is 3.59. The number of carboxylic acids is 1. The number of carbonyl (C=O) groups excluding carboxylic acids is 1. The lowest BCUT2D eigenvalue weighted by atomic mass is 9.92. The molecule has 0 aliphatic carbocycles. The van der Waals surface area contributed by atoms with Crippen LogP contribution in [0, 0.1) is 5.92 Å². The Kier molecular flexibility index (Phi) is 5.45. The van der Waals surface area contributed by atoms with Crippen LogP contribution in [0.15, 0.2) is 0 Å². The predicted molar refractivity (Wildman–Crippen MR) is 80.2 cm³/mol. The number of hydrogen-bond acceptors (Lipinski definition) is 3. The fraction of sp³-hybridized carbons (Fsp3) is 0.867. The monoisotopic (exact) mass is 297 g/mol. The molecule has 0 saturated carbocycles. The summed E-state index contributed by atoms with van der Waals surface area (Å²) in [5, 5.41) is 12.1. The lowest BCUT2D eigenvalue weighted by Crippen LogP contribution is -2.52. The Bertz CT molecular complexity index is 382. The van der Waals surface area contributed by atoms with E-state index < -0.39 is 5.97 Å². The SMILES string of the molecule is CC(CNC(=O)N1CCC(C(=O)O)CC1C)N1CCCC1. The van der Waals surface area contributed by atoms with Gasteiger partial charge in [-0.1, -0.05) is 0 Å². The molecule has 3 unspecified atom stereocenters. The van der Waals surface area contributed by atoms with E-state index in [4.69, 9.17) is 5.11 Å². The summed E-state index contributed by atoms with van der Waals surface area (Å²) in [6, 6.07) is 0.294. The molecule has 2 saturated heterocycles. The Morgan fingerprint density at radius 1 is 1.29 bits per heavy atom. The average molecular weight is 297 g/mol. The second kappa shape index (κ2) is 7.11. The third-order valence-electron chi connectivity index (χ3n) is 4.80. The summed E-state index contributed by atoms with van der Waals surface area (Å²) in [5.74, 6) is -1.06. The molecule has 2 aliphatic heterocycles. The summed E-state index contributed by atoms with van der Waals surface area (Å²) in [7, 11) is 0. The van der Waals surface area contributed by atoms with Crippen molar-refractivity contribution < 1.29 is 14.7 Å². The molecule has 120 valence electrons. The number of urea groups is 1. The van der Waals surface area contributed by atoms with Crippen LogP contribution >= 0.6 is 0 Å². The number of rotatable bonds is 4. The van der Waals surface area contributed by atoms with Crippen LogP contribution in [0.5, 0.6) is 0 Å². The summed E-state index contributed by atoms with van der Waals surface area (Å²) in [5.41, 5.74) is 0. The normalized spacial score (nSPS) is 28.4. The van der Waals surface area contributed by atoms with E-state index >= 15 is 0 Å². The van der Waals surface area contributed by atoms with Gasteiger partial charge in [0.15, 0.2) is 0 Å². The highest BCUT2D eigenvalue weighted by Crippen LogP contribution is 2.23. The highest BCUT2D eigenvalue weighted by Gasteiger charge is 2.32. The van der Waals surface area contributed by atoms with Crippen molar-refractivity contribution in [3.8, 4) is 0 Å². The Labute approximate surface area is 126 Å². The molecule has 3 atom stereocenters.